The van der Waals surface area contributed by atoms with Crippen LogP contribution in [0.3, 0.4) is 0 Å². The molecule has 1 saturated carbocycles. The van der Waals surface area contributed by atoms with Crippen LogP contribution in [-0.2, 0) is 16.0 Å². The van der Waals surface area contributed by atoms with Crippen LogP contribution in [-0.4, -0.2) is 28.0 Å². The van der Waals surface area contributed by atoms with Crippen LogP contribution in [0.25, 0.3) is 11.7 Å². The molecule has 1 fully saturated rings. The summed E-state index contributed by atoms with van der Waals surface area (Å²) in [5.41, 5.74) is 0.557. The molecular weight excluding hydrogens is 300 g/mol. The molecular formula is C16H18N2O5. The minimum absolute atomic E-state index is 0.0830. The highest BCUT2D eigenvalue weighted by Crippen LogP contribution is 2.26. The number of carbonyl (C=O) groups is 2. The van der Waals surface area contributed by atoms with E-state index in [1.165, 1.54) is 6.26 Å². The standard InChI is InChI=1S/C16H18N2O5/c1-9-12(18-15(23-9)13-3-2-6-22-13)8-14(19)17-11-5-4-10(7-11)16(20)21/h2-3,6,10-11H,4-5,7-8H2,1H3,(H,17,19)(H,20,21)/t10-,11+/m0/s1. The van der Waals surface area contributed by atoms with Gasteiger partial charge in [-0.1, -0.05) is 0 Å². The number of carboxylic acid groups (broad SMARTS) is 1. The number of hydrogen-bond donors (Lipinski definition) is 2. The van der Waals surface area contributed by atoms with Crippen molar-refractivity contribution in [2.45, 2.75) is 38.6 Å². The zero-order valence-electron chi connectivity index (χ0n) is 12.7. The van der Waals surface area contributed by atoms with E-state index >= 15 is 0 Å². The van der Waals surface area contributed by atoms with E-state index in [0.717, 1.165) is 0 Å². The number of hydrogen-bond acceptors (Lipinski definition) is 5. The molecule has 0 aliphatic heterocycles. The van der Waals surface area contributed by atoms with Crippen LogP contribution in [0.5, 0.6) is 0 Å². The Bertz CT molecular complexity index is 704. The molecule has 2 aromatic heterocycles. The zero-order valence-corrected chi connectivity index (χ0v) is 12.7. The van der Waals surface area contributed by atoms with Gasteiger partial charge in [-0.3, -0.25) is 9.59 Å². The average Bonchev–Trinajstić information content (AvgIpc) is 3.20. The fraction of sp³-hybridized carbons (Fsp3) is 0.438. The van der Waals surface area contributed by atoms with Crippen molar-refractivity contribution in [1.82, 2.24) is 10.3 Å². The molecule has 0 spiro atoms. The summed E-state index contributed by atoms with van der Waals surface area (Å²) in [5, 5.41) is 11.9. The van der Waals surface area contributed by atoms with E-state index in [1.54, 1.807) is 19.1 Å². The molecule has 0 unspecified atom stereocenters. The second-order valence-corrected chi connectivity index (χ2v) is 5.79. The van der Waals surface area contributed by atoms with Crippen LogP contribution in [0.1, 0.15) is 30.7 Å². The van der Waals surface area contributed by atoms with Gasteiger partial charge < -0.3 is 19.3 Å². The molecule has 0 radical (unpaired) electrons. The summed E-state index contributed by atoms with van der Waals surface area (Å²) in [6.07, 6.45) is 3.41. The van der Waals surface area contributed by atoms with Crippen molar-refractivity contribution in [2.75, 3.05) is 0 Å². The van der Waals surface area contributed by atoms with Crippen molar-refractivity contribution in [3.63, 3.8) is 0 Å². The lowest BCUT2D eigenvalue weighted by atomic mass is 10.1. The number of oxazole rings is 1. The fourth-order valence-corrected chi connectivity index (χ4v) is 2.87. The van der Waals surface area contributed by atoms with Crippen molar-refractivity contribution in [2.24, 2.45) is 5.92 Å². The summed E-state index contributed by atoms with van der Waals surface area (Å²) >= 11 is 0. The summed E-state index contributed by atoms with van der Waals surface area (Å²) in [6.45, 7) is 1.75. The second-order valence-electron chi connectivity index (χ2n) is 5.79. The van der Waals surface area contributed by atoms with Crippen LogP contribution in [0.4, 0.5) is 0 Å². The van der Waals surface area contributed by atoms with E-state index < -0.39 is 5.97 Å². The van der Waals surface area contributed by atoms with E-state index in [-0.39, 0.29) is 24.3 Å². The Labute approximate surface area is 132 Å². The number of amides is 1. The molecule has 7 nitrogen and oxygen atoms in total. The first-order valence-electron chi connectivity index (χ1n) is 7.55. The van der Waals surface area contributed by atoms with Gasteiger partial charge in [-0.05, 0) is 38.3 Å². The monoisotopic (exact) mass is 318 g/mol. The highest BCUT2D eigenvalue weighted by atomic mass is 16.4. The lowest BCUT2D eigenvalue weighted by molar-refractivity contribution is -0.141. The van der Waals surface area contributed by atoms with Gasteiger partial charge in [0.2, 0.25) is 5.91 Å². The lowest BCUT2D eigenvalue weighted by Gasteiger charge is -2.11. The minimum atomic E-state index is -0.794. The number of carboxylic acids is 1. The van der Waals surface area contributed by atoms with Crippen LogP contribution >= 0.6 is 0 Å². The van der Waals surface area contributed by atoms with E-state index in [4.69, 9.17) is 13.9 Å². The summed E-state index contributed by atoms with van der Waals surface area (Å²) in [5.74, 6) is 0.101. The average molecular weight is 318 g/mol. The molecule has 2 aromatic rings. The van der Waals surface area contributed by atoms with Gasteiger partial charge in [-0.2, -0.15) is 0 Å². The molecule has 2 heterocycles. The Balaban J connectivity index is 1.59. The molecule has 0 saturated heterocycles. The first-order chi connectivity index (χ1) is 11.0. The van der Waals surface area contributed by atoms with E-state index in [1.807, 2.05) is 0 Å². The van der Waals surface area contributed by atoms with E-state index in [2.05, 4.69) is 10.3 Å². The van der Waals surface area contributed by atoms with Crippen molar-refractivity contribution in [3.8, 4) is 11.7 Å². The Hall–Kier alpha value is -2.57. The molecule has 0 bridgehead atoms. The van der Waals surface area contributed by atoms with Crippen LogP contribution in [0.15, 0.2) is 27.2 Å². The van der Waals surface area contributed by atoms with Gasteiger partial charge in [0, 0.05) is 6.04 Å². The number of furan rings is 1. The first kappa shape index (κ1) is 15.3. The summed E-state index contributed by atoms with van der Waals surface area (Å²) in [7, 11) is 0. The van der Waals surface area contributed by atoms with Gasteiger partial charge in [0.15, 0.2) is 5.76 Å². The third-order valence-electron chi connectivity index (χ3n) is 4.10. The molecule has 1 amide bonds. The smallest absolute Gasteiger partial charge is 0.306 e. The van der Waals surface area contributed by atoms with Gasteiger partial charge in [0.25, 0.3) is 5.89 Å². The highest BCUT2D eigenvalue weighted by molar-refractivity contribution is 5.79. The Morgan fingerprint density at radius 2 is 2.26 bits per heavy atom. The maximum absolute atomic E-state index is 12.1. The maximum atomic E-state index is 12.1. The predicted molar refractivity (Wildman–Crippen MR) is 79.6 cm³/mol. The van der Waals surface area contributed by atoms with Crippen LogP contribution in [0.2, 0.25) is 0 Å². The van der Waals surface area contributed by atoms with Gasteiger partial charge >= 0.3 is 5.97 Å². The summed E-state index contributed by atoms with van der Waals surface area (Å²) < 4.78 is 10.7. The molecule has 1 aliphatic carbocycles. The molecule has 3 rings (SSSR count). The number of nitrogens with one attached hydrogen (secondary N) is 1. The predicted octanol–water partition coefficient (Wildman–Crippen LogP) is 2.16. The van der Waals surface area contributed by atoms with Gasteiger partial charge in [-0.25, -0.2) is 4.98 Å². The molecule has 1 aliphatic rings. The van der Waals surface area contributed by atoms with Gasteiger partial charge in [-0.15, -0.1) is 0 Å². The van der Waals surface area contributed by atoms with Gasteiger partial charge in [0.05, 0.1) is 24.3 Å². The number of aryl methyl sites for hydroxylation is 1. The summed E-state index contributed by atoms with van der Waals surface area (Å²) in [4.78, 5) is 27.4. The fourth-order valence-electron chi connectivity index (χ4n) is 2.87. The van der Waals surface area contributed by atoms with Crippen LogP contribution < -0.4 is 5.32 Å². The topological polar surface area (TPSA) is 106 Å². The lowest BCUT2D eigenvalue weighted by Crippen LogP contribution is -2.34. The third kappa shape index (κ3) is 3.44. The Kier molecular flexibility index (Phi) is 4.18. The molecule has 0 aromatic carbocycles. The third-order valence-corrected chi connectivity index (χ3v) is 4.10. The first-order valence-corrected chi connectivity index (χ1v) is 7.55. The Morgan fingerprint density at radius 3 is 2.91 bits per heavy atom. The van der Waals surface area contributed by atoms with Crippen molar-refractivity contribution in [3.05, 3.63) is 29.9 Å². The molecule has 23 heavy (non-hydrogen) atoms. The van der Waals surface area contributed by atoms with Crippen LogP contribution in [0, 0.1) is 12.8 Å². The summed E-state index contributed by atoms with van der Waals surface area (Å²) in [6, 6.07) is 3.39. The molecule has 7 heteroatoms. The molecule has 122 valence electrons. The number of carbonyl (C=O) groups excluding carboxylic acids is 1. The SMILES string of the molecule is Cc1oc(-c2ccco2)nc1CC(=O)N[C@@H]1CC[C@H](C(=O)O)C1. The zero-order chi connectivity index (χ0) is 16.4. The number of aliphatic carboxylic acids is 1. The normalized spacial score (nSPS) is 20.6. The number of aromatic nitrogens is 1. The second kappa shape index (κ2) is 6.28. The maximum Gasteiger partial charge on any atom is 0.306 e. The van der Waals surface area contributed by atoms with Crippen molar-refractivity contribution < 1.29 is 23.5 Å². The van der Waals surface area contributed by atoms with E-state index in [9.17, 15) is 9.59 Å². The molecule has 2 N–H and O–H groups in total. The quantitative estimate of drug-likeness (QED) is 0.875. The Morgan fingerprint density at radius 1 is 1.43 bits per heavy atom. The number of rotatable bonds is 5. The number of nitrogens with zero attached hydrogens (tertiary/aromatic N) is 1. The highest BCUT2D eigenvalue weighted by Gasteiger charge is 2.30. The minimum Gasteiger partial charge on any atom is -0.481 e. The molecule has 2 atom stereocenters. The van der Waals surface area contributed by atoms with Crippen molar-refractivity contribution in [1.29, 1.82) is 0 Å². The van der Waals surface area contributed by atoms with Gasteiger partial charge in [0.1, 0.15) is 5.76 Å². The van der Waals surface area contributed by atoms with Crippen molar-refractivity contribution >= 4 is 11.9 Å². The largest absolute Gasteiger partial charge is 0.481 e. The van der Waals surface area contributed by atoms with E-state index in [0.29, 0.717) is 42.4 Å².